The largest absolute Gasteiger partial charge is 0.279 e. The van der Waals surface area contributed by atoms with Crippen molar-refractivity contribution in [1.29, 1.82) is 0 Å². The van der Waals surface area contributed by atoms with Gasteiger partial charge in [-0.1, -0.05) is 6.92 Å². The van der Waals surface area contributed by atoms with Gasteiger partial charge in [0.25, 0.3) is 11.8 Å². The molecule has 0 fully saturated rings. The van der Waals surface area contributed by atoms with Gasteiger partial charge in [-0.3, -0.25) is 20.4 Å². The van der Waals surface area contributed by atoms with Crippen molar-refractivity contribution in [2.45, 2.75) is 20.3 Å². The molecule has 2 N–H and O–H groups in total. The Kier molecular flexibility index (Phi) is 4.76. The van der Waals surface area contributed by atoms with E-state index in [0.717, 1.165) is 12.0 Å². The van der Waals surface area contributed by atoms with Crippen LogP contribution in [0.1, 0.15) is 27.0 Å². The molecule has 0 radical (unpaired) electrons. The van der Waals surface area contributed by atoms with Crippen molar-refractivity contribution in [1.82, 2.24) is 10.9 Å². The number of amides is 2. The zero-order valence-corrected chi connectivity index (χ0v) is 10.7. The fourth-order valence-electron chi connectivity index (χ4n) is 1.20. The molecule has 0 saturated heterocycles. The second kappa shape index (κ2) is 5.86. The first-order chi connectivity index (χ1) is 7.58. The van der Waals surface area contributed by atoms with Crippen LogP contribution in [0.15, 0.2) is 6.07 Å². The van der Waals surface area contributed by atoms with Gasteiger partial charge in [0.2, 0.25) is 0 Å². The smallest absolute Gasteiger partial charge is 0.272 e. The van der Waals surface area contributed by atoms with Crippen LogP contribution in [0.4, 0.5) is 0 Å². The van der Waals surface area contributed by atoms with Gasteiger partial charge in [0.1, 0.15) is 5.88 Å². The number of hydrogen-bond acceptors (Lipinski definition) is 3. The zero-order valence-electron chi connectivity index (χ0n) is 9.09. The van der Waals surface area contributed by atoms with Crippen LogP contribution in [0.2, 0.25) is 0 Å². The SMILES string of the molecule is CCc1sc(C(=O)NNC(=O)CCl)cc1C. The Labute approximate surface area is 103 Å². The summed E-state index contributed by atoms with van der Waals surface area (Å²) < 4.78 is 0. The van der Waals surface area contributed by atoms with E-state index in [9.17, 15) is 9.59 Å². The quantitative estimate of drug-likeness (QED) is 0.641. The molecule has 0 bridgehead atoms. The van der Waals surface area contributed by atoms with E-state index in [1.54, 1.807) is 0 Å². The van der Waals surface area contributed by atoms with Crippen molar-refractivity contribution in [3.63, 3.8) is 0 Å². The van der Waals surface area contributed by atoms with Gasteiger partial charge in [-0.15, -0.1) is 22.9 Å². The molecular formula is C10H13ClN2O2S. The first kappa shape index (κ1) is 13.0. The number of hydrogen-bond donors (Lipinski definition) is 2. The number of rotatable bonds is 3. The lowest BCUT2D eigenvalue weighted by atomic mass is 10.2. The van der Waals surface area contributed by atoms with Crippen LogP contribution in [-0.2, 0) is 11.2 Å². The molecule has 0 atom stereocenters. The summed E-state index contributed by atoms with van der Waals surface area (Å²) in [5.74, 6) is -0.922. The van der Waals surface area contributed by atoms with Crippen LogP contribution < -0.4 is 10.9 Å². The maximum atomic E-state index is 11.6. The number of aryl methyl sites for hydroxylation is 2. The van der Waals surface area contributed by atoms with Gasteiger partial charge in [-0.2, -0.15) is 0 Å². The molecule has 16 heavy (non-hydrogen) atoms. The Hall–Kier alpha value is -1.07. The second-order valence-corrected chi connectivity index (χ2v) is 4.61. The third kappa shape index (κ3) is 3.21. The van der Waals surface area contributed by atoms with Gasteiger partial charge in [0.05, 0.1) is 4.88 Å². The number of nitrogens with one attached hydrogen (secondary N) is 2. The predicted molar refractivity (Wildman–Crippen MR) is 64.8 cm³/mol. The third-order valence-corrected chi connectivity index (χ3v) is 3.63. The van der Waals surface area contributed by atoms with E-state index >= 15 is 0 Å². The Balaban J connectivity index is 2.62. The van der Waals surface area contributed by atoms with Gasteiger partial charge < -0.3 is 0 Å². The number of carbonyl (C=O) groups excluding carboxylic acids is 2. The van der Waals surface area contributed by atoms with Crippen LogP contribution in [0.5, 0.6) is 0 Å². The molecule has 6 heteroatoms. The summed E-state index contributed by atoms with van der Waals surface area (Å²) in [6.07, 6.45) is 0.901. The van der Waals surface area contributed by atoms with Gasteiger partial charge in [0, 0.05) is 4.88 Å². The number of carbonyl (C=O) groups is 2. The van der Waals surface area contributed by atoms with Crippen LogP contribution in [-0.4, -0.2) is 17.7 Å². The molecule has 1 heterocycles. The predicted octanol–water partition coefficient (Wildman–Crippen LogP) is 1.62. The van der Waals surface area contributed by atoms with E-state index in [0.29, 0.717) is 4.88 Å². The van der Waals surface area contributed by atoms with Crippen molar-refractivity contribution in [3.8, 4) is 0 Å². The molecule has 0 spiro atoms. The van der Waals surface area contributed by atoms with Crippen LogP contribution in [0, 0.1) is 6.92 Å². The molecule has 88 valence electrons. The fraction of sp³-hybridized carbons (Fsp3) is 0.400. The monoisotopic (exact) mass is 260 g/mol. The van der Waals surface area contributed by atoms with E-state index in [2.05, 4.69) is 10.9 Å². The maximum absolute atomic E-state index is 11.6. The van der Waals surface area contributed by atoms with Gasteiger partial charge in [-0.05, 0) is 25.0 Å². The normalized spacial score (nSPS) is 9.94. The van der Waals surface area contributed by atoms with Crippen molar-refractivity contribution < 1.29 is 9.59 Å². The molecule has 2 amide bonds. The van der Waals surface area contributed by atoms with Crippen molar-refractivity contribution in [3.05, 3.63) is 21.4 Å². The Morgan fingerprint density at radius 3 is 2.62 bits per heavy atom. The molecule has 0 unspecified atom stereocenters. The molecule has 4 nitrogen and oxygen atoms in total. The van der Waals surface area contributed by atoms with Crippen molar-refractivity contribution in [2.75, 3.05) is 5.88 Å². The third-order valence-electron chi connectivity index (χ3n) is 2.00. The lowest BCUT2D eigenvalue weighted by Crippen LogP contribution is -2.41. The summed E-state index contributed by atoms with van der Waals surface area (Å²) in [6, 6.07) is 1.81. The second-order valence-electron chi connectivity index (χ2n) is 3.21. The Morgan fingerprint density at radius 1 is 1.44 bits per heavy atom. The lowest BCUT2D eigenvalue weighted by Gasteiger charge is -2.03. The molecule has 1 aromatic rings. The first-order valence-corrected chi connectivity index (χ1v) is 6.18. The Morgan fingerprint density at radius 2 is 2.12 bits per heavy atom. The Bertz CT molecular complexity index is 404. The summed E-state index contributed by atoms with van der Waals surface area (Å²) in [5, 5.41) is 0. The fourth-order valence-corrected chi connectivity index (χ4v) is 2.28. The maximum Gasteiger partial charge on any atom is 0.279 e. The summed E-state index contributed by atoms with van der Waals surface area (Å²) in [7, 11) is 0. The highest BCUT2D eigenvalue weighted by atomic mass is 35.5. The summed E-state index contributed by atoms with van der Waals surface area (Å²) in [4.78, 5) is 24.2. The average Bonchev–Trinajstić information content (AvgIpc) is 2.66. The summed E-state index contributed by atoms with van der Waals surface area (Å²) in [6.45, 7) is 4.00. The van der Waals surface area contributed by atoms with Crippen molar-refractivity contribution in [2.24, 2.45) is 0 Å². The topological polar surface area (TPSA) is 58.2 Å². The zero-order chi connectivity index (χ0) is 12.1. The highest BCUT2D eigenvalue weighted by Crippen LogP contribution is 2.21. The number of hydrazine groups is 1. The minimum Gasteiger partial charge on any atom is -0.272 e. The minimum absolute atomic E-state index is 0.177. The van der Waals surface area contributed by atoms with E-state index < -0.39 is 5.91 Å². The minimum atomic E-state index is -0.431. The number of thiophene rings is 1. The highest BCUT2D eigenvalue weighted by molar-refractivity contribution is 7.14. The average molecular weight is 261 g/mol. The van der Waals surface area contributed by atoms with E-state index in [4.69, 9.17) is 11.6 Å². The van der Waals surface area contributed by atoms with Crippen LogP contribution in [0.25, 0.3) is 0 Å². The van der Waals surface area contributed by atoms with Crippen LogP contribution in [0.3, 0.4) is 0 Å². The first-order valence-electron chi connectivity index (χ1n) is 4.83. The van der Waals surface area contributed by atoms with E-state index in [1.807, 2.05) is 19.9 Å². The van der Waals surface area contributed by atoms with Crippen LogP contribution >= 0.6 is 22.9 Å². The van der Waals surface area contributed by atoms with E-state index in [-0.39, 0.29) is 11.8 Å². The summed E-state index contributed by atoms with van der Waals surface area (Å²) in [5.41, 5.74) is 5.61. The highest BCUT2D eigenvalue weighted by Gasteiger charge is 2.11. The van der Waals surface area contributed by atoms with Crippen molar-refractivity contribution >= 4 is 34.8 Å². The molecule has 0 aliphatic heterocycles. The molecule has 0 aromatic carbocycles. The molecule has 1 rings (SSSR count). The van der Waals surface area contributed by atoms with E-state index in [1.165, 1.54) is 16.2 Å². The molecule has 0 saturated carbocycles. The standard InChI is InChI=1S/C10H13ClN2O2S/c1-3-7-6(2)4-8(16-7)10(15)13-12-9(14)5-11/h4H,3,5H2,1-2H3,(H,12,14)(H,13,15). The molecule has 1 aromatic heterocycles. The molecular weight excluding hydrogens is 248 g/mol. The molecule has 0 aliphatic carbocycles. The number of alkyl halides is 1. The lowest BCUT2D eigenvalue weighted by molar-refractivity contribution is -0.119. The van der Waals surface area contributed by atoms with Gasteiger partial charge in [-0.25, -0.2) is 0 Å². The number of halogens is 1. The van der Waals surface area contributed by atoms with Gasteiger partial charge >= 0.3 is 0 Å². The summed E-state index contributed by atoms with van der Waals surface area (Å²) >= 11 is 6.70. The molecule has 0 aliphatic rings. The van der Waals surface area contributed by atoms with Gasteiger partial charge in [0.15, 0.2) is 0 Å².